The van der Waals surface area contributed by atoms with Gasteiger partial charge in [0.25, 0.3) is 5.91 Å². The van der Waals surface area contributed by atoms with Crippen molar-refractivity contribution in [1.82, 2.24) is 4.90 Å². The van der Waals surface area contributed by atoms with E-state index in [1.54, 1.807) is 19.0 Å². The summed E-state index contributed by atoms with van der Waals surface area (Å²) < 4.78 is 15.8. The molecule has 0 spiro atoms. The van der Waals surface area contributed by atoms with Gasteiger partial charge < -0.3 is 31.5 Å². The highest BCUT2D eigenvalue weighted by Crippen LogP contribution is 2.54. The first-order valence-corrected chi connectivity index (χ1v) is 12.5. The lowest BCUT2D eigenvalue weighted by Gasteiger charge is -2.52. The molecular formula is C29H30FN3O6. The number of phenols is 1. The third-order valence-corrected chi connectivity index (χ3v) is 8.17. The van der Waals surface area contributed by atoms with E-state index >= 15 is 4.39 Å². The number of phenolic OH excluding ortho intramolecular Hbond substituents is 1. The molecule has 0 aliphatic heterocycles. The summed E-state index contributed by atoms with van der Waals surface area (Å²) in [6.07, 6.45) is 0.0110. The van der Waals surface area contributed by atoms with Crippen molar-refractivity contribution in [3.05, 3.63) is 88.0 Å². The average Bonchev–Trinajstić information content (AvgIpc) is 2.87. The lowest BCUT2D eigenvalue weighted by atomic mass is 9.56. The summed E-state index contributed by atoms with van der Waals surface area (Å²) in [5.41, 5.74) is 2.89. The van der Waals surface area contributed by atoms with Gasteiger partial charge in [0.2, 0.25) is 0 Å². The van der Waals surface area contributed by atoms with Gasteiger partial charge in [-0.25, -0.2) is 4.39 Å². The number of fused-ring (bicyclic) bond motifs is 3. The predicted octanol–water partition coefficient (Wildman–Crippen LogP) is 2.70. The van der Waals surface area contributed by atoms with E-state index in [2.05, 4.69) is 11.9 Å². The fraction of sp³-hybridized carbons (Fsp3) is 0.310. The Morgan fingerprint density at radius 3 is 2.51 bits per heavy atom. The molecule has 0 saturated heterocycles. The van der Waals surface area contributed by atoms with Crippen LogP contribution >= 0.6 is 0 Å². The fourth-order valence-electron chi connectivity index (χ4n) is 6.40. The Morgan fingerprint density at radius 2 is 1.90 bits per heavy atom. The number of hydrogen-bond acceptors (Lipinski definition) is 8. The van der Waals surface area contributed by atoms with E-state index in [0.29, 0.717) is 0 Å². The second-order valence-electron chi connectivity index (χ2n) is 10.6. The number of ketones is 1. The van der Waals surface area contributed by atoms with Gasteiger partial charge >= 0.3 is 0 Å². The molecule has 0 aromatic heterocycles. The third-order valence-electron chi connectivity index (χ3n) is 8.17. The van der Waals surface area contributed by atoms with E-state index in [1.165, 1.54) is 6.07 Å². The number of anilines is 1. The summed E-state index contributed by atoms with van der Waals surface area (Å²) in [4.78, 5) is 27.7. The summed E-state index contributed by atoms with van der Waals surface area (Å²) in [6, 6.07) is 9.36. The summed E-state index contributed by atoms with van der Waals surface area (Å²) in [7, 11) is 3.22. The number of primary amides is 1. The molecule has 10 heteroatoms. The minimum atomic E-state index is -2.36. The molecule has 1 saturated carbocycles. The van der Waals surface area contributed by atoms with Gasteiger partial charge in [-0.3, -0.25) is 14.5 Å². The van der Waals surface area contributed by atoms with E-state index in [1.807, 2.05) is 30.3 Å². The number of aromatic hydroxyl groups is 1. The van der Waals surface area contributed by atoms with Crippen molar-refractivity contribution in [2.24, 2.45) is 17.6 Å². The standard InChI is InChI=1S/C29H30FN3O6/c1-13-20(28(31)38)26(36)24(33(2)3)18-10-14-9-17-22(25(35)21(14)27(37)29(13,18)39)19(34)11-15(23(17)30)12-32-16-7-5-4-6-8-16/h4-8,11,14,18,24,32,34-36,39H,1,9-10,12H2,2-3H3,(H2,31,38)/t14-,18-,24-,29-/m0/s1. The second-order valence-corrected chi connectivity index (χ2v) is 10.6. The molecule has 1 fully saturated rings. The number of amides is 1. The number of likely N-dealkylation sites (N-methyl/N-ethyl adjacent to an activating group) is 1. The van der Waals surface area contributed by atoms with E-state index in [4.69, 9.17) is 5.73 Å². The van der Waals surface area contributed by atoms with E-state index in [9.17, 15) is 30.0 Å². The highest BCUT2D eigenvalue weighted by molar-refractivity contribution is 6.13. The molecule has 3 aliphatic carbocycles. The Labute approximate surface area is 224 Å². The number of nitrogens with two attached hydrogens (primary N) is 1. The van der Waals surface area contributed by atoms with Gasteiger partial charge in [0, 0.05) is 40.4 Å². The minimum absolute atomic E-state index is 0.0363. The average molecular weight is 536 g/mol. The Morgan fingerprint density at radius 1 is 1.23 bits per heavy atom. The number of nitrogens with one attached hydrogen (secondary N) is 1. The predicted molar refractivity (Wildman–Crippen MR) is 142 cm³/mol. The van der Waals surface area contributed by atoms with Crippen LogP contribution in [-0.4, -0.2) is 62.8 Å². The zero-order valence-corrected chi connectivity index (χ0v) is 21.5. The first-order chi connectivity index (χ1) is 18.4. The molecule has 0 unspecified atom stereocenters. The Hall–Kier alpha value is -4.15. The van der Waals surface area contributed by atoms with Crippen molar-refractivity contribution in [3.63, 3.8) is 0 Å². The molecule has 2 aromatic rings. The number of aliphatic hydroxyl groups excluding tert-OH is 2. The minimum Gasteiger partial charge on any atom is -0.510 e. The number of para-hydroxylation sites is 1. The van der Waals surface area contributed by atoms with Crippen LogP contribution in [0.25, 0.3) is 5.76 Å². The number of carbonyl (C=O) groups is 2. The smallest absolute Gasteiger partial charge is 0.252 e. The molecule has 0 heterocycles. The number of aliphatic hydroxyl groups is 3. The lowest BCUT2D eigenvalue weighted by molar-refractivity contribution is -0.143. The molecule has 204 valence electrons. The van der Waals surface area contributed by atoms with Crippen molar-refractivity contribution in [2.45, 2.75) is 31.0 Å². The zero-order chi connectivity index (χ0) is 28.4. The largest absolute Gasteiger partial charge is 0.510 e. The molecule has 2 aromatic carbocycles. The SMILES string of the molecule is C=C1C(C(N)=O)=C(O)[C@@H](N(C)C)[C@@H]2C[C@@H]3Cc4c(F)c(CNc5ccccc5)cc(O)c4C(O)=C3C(=O)[C@]12O. The van der Waals surface area contributed by atoms with Crippen molar-refractivity contribution in [2.75, 3.05) is 19.4 Å². The first kappa shape index (κ1) is 26.5. The van der Waals surface area contributed by atoms with Gasteiger partial charge in [-0.2, -0.15) is 0 Å². The van der Waals surface area contributed by atoms with Gasteiger partial charge in [0.15, 0.2) is 11.4 Å². The summed E-state index contributed by atoms with van der Waals surface area (Å²) in [5.74, 6) is -5.78. The molecule has 39 heavy (non-hydrogen) atoms. The van der Waals surface area contributed by atoms with Crippen molar-refractivity contribution in [3.8, 4) is 5.75 Å². The normalized spacial score (nSPS) is 26.3. The van der Waals surface area contributed by atoms with Gasteiger partial charge in [-0.1, -0.05) is 24.8 Å². The Bertz CT molecular complexity index is 1480. The van der Waals surface area contributed by atoms with Crippen molar-refractivity contribution in [1.29, 1.82) is 0 Å². The quantitative estimate of drug-likeness (QED) is 0.341. The van der Waals surface area contributed by atoms with E-state index < -0.39 is 63.8 Å². The van der Waals surface area contributed by atoms with Crippen LogP contribution in [-0.2, 0) is 22.6 Å². The van der Waals surface area contributed by atoms with E-state index in [-0.39, 0.29) is 47.2 Å². The fourth-order valence-corrected chi connectivity index (χ4v) is 6.40. The molecule has 0 bridgehead atoms. The summed E-state index contributed by atoms with van der Waals surface area (Å²) in [5, 5.41) is 47.9. The van der Waals surface area contributed by atoms with Gasteiger partial charge in [0.05, 0.1) is 17.2 Å². The summed E-state index contributed by atoms with van der Waals surface area (Å²) in [6.45, 7) is 3.80. The Kier molecular flexibility index (Phi) is 6.27. The van der Waals surface area contributed by atoms with Crippen LogP contribution in [0.2, 0.25) is 0 Å². The van der Waals surface area contributed by atoms with Gasteiger partial charge in [-0.15, -0.1) is 0 Å². The molecule has 3 aliphatic rings. The Balaban J connectivity index is 1.60. The molecule has 1 amide bonds. The van der Waals surface area contributed by atoms with Crippen LogP contribution in [0.5, 0.6) is 5.75 Å². The maximum absolute atomic E-state index is 15.8. The number of carbonyl (C=O) groups excluding carboxylic acids is 2. The second kappa shape index (κ2) is 9.25. The van der Waals surface area contributed by atoms with Crippen LogP contribution in [0, 0.1) is 17.7 Å². The van der Waals surface area contributed by atoms with Crippen LogP contribution in [0.1, 0.15) is 23.1 Å². The van der Waals surface area contributed by atoms with Crippen LogP contribution in [0.15, 0.2) is 65.5 Å². The number of rotatable bonds is 5. The third kappa shape index (κ3) is 3.82. The maximum atomic E-state index is 15.8. The van der Waals surface area contributed by atoms with Crippen LogP contribution in [0.4, 0.5) is 10.1 Å². The number of nitrogens with zero attached hydrogens (tertiary/aromatic N) is 1. The highest BCUT2D eigenvalue weighted by Gasteiger charge is 2.62. The molecular weight excluding hydrogens is 505 g/mol. The molecule has 5 rings (SSSR count). The first-order valence-electron chi connectivity index (χ1n) is 12.5. The molecule has 9 nitrogen and oxygen atoms in total. The van der Waals surface area contributed by atoms with Crippen molar-refractivity contribution >= 4 is 23.1 Å². The summed E-state index contributed by atoms with van der Waals surface area (Å²) >= 11 is 0. The highest BCUT2D eigenvalue weighted by atomic mass is 19.1. The molecule has 0 radical (unpaired) electrons. The van der Waals surface area contributed by atoms with Crippen LogP contribution in [0.3, 0.4) is 0 Å². The maximum Gasteiger partial charge on any atom is 0.252 e. The molecule has 4 atom stereocenters. The molecule has 7 N–H and O–H groups in total. The monoisotopic (exact) mass is 535 g/mol. The number of halogens is 1. The zero-order valence-electron chi connectivity index (χ0n) is 21.5. The van der Waals surface area contributed by atoms with Crippen LogP contribution < -0.4 is 11.1 Å². The van der Waals surface area contributed by atoms with E-state index in [0.717, 1.165) is 5.69 Å². The van der Waals surface area contributed by atoms with Gasteiger partial charge in [-0.05, 0) is 51.1 Å². The number of benzene rings is 2. The number of hydrogen-bond donors (Lipinski definition) is 6. The number of Topliss-reactive ketones (excluding diaryl/α,β-unsaturated/α-hetero) is 1. The topological polar surface area (TPSA) is 156 Å². The van der Waals surface area contributed by atoms with Gasteiger partial charge in [0.1, 0.15) is 23.1 Å². The lowest BCUT2D eigenvalue weighted by Crippen LogP contribution is -2.63. The van der Waals surface area contributed by atoms with Crippen molar-refractivity contribution < 1.29 is 34.4 Å².